The Balaban J connectivity index is 1.56. The molecule has 34 heavy (non-hydrogen) atoms. The Hall–Kier alpha value is -2.11. The van der Waals surface area contributed by atoms with Crippen molar-refractivity contribution in [1.82, 2.24) is 13.5 Å². The lowest BCUT2D eigenvalue weighted by Crippen LogP contribution is -2.60. The van der Waals surface area contributed by atoms with Crippen LogP contribution in [0.25, 0.3) is 0 Å². The number of carbonyl (C=O) groups excluding carboxylic acids is 1. The fraction of sp³-hybridized carbons (Fsp3) is 0.458. The van der Waals surface area contributed by atoms with Gasteiger partial charge in [-0.3, -0.25) is 9.69 Å². The molecule has 1 spiro atoms. The SMILES string of the molecule is CCc1ccc(S(=O)(=O)N2CCN(C)C23CCN(S(=O)(=O)c2ccc(C(C)=O)cc2)CC3)cc1. The molecule has 2 heterocycles. The molecule has 2 saturated heterocycles. The van der Waals surface area contributed by atoms with Crippen LogP contribution in [0.3, 0.4) is 0 Å². The van der Waals surface area contributed by atoms with E-state index in [-0.39, 0.29) is 28.7 Å². The van der Waals surface area contributed by atoms with Crippen molar-refractivity contribution in [2.45, 2.75) is 48.6 Å². The van der Waals surface area contributed by atoms with E-state index in [1.165, 1.54) is 35.5 Å². The Kier molecular flexibility index (Phi) is 6.73. The summed E-state index contributed by atoms with van der Waals surface area (Å²) in [4.78, 5) is 13.9. The summed E-state index contributed by atoms with van der Waals surface area (Å²) in [6.45, 7) is 4.83. The first-order valence-corrected chi connectivity index (χ1v) is 14.3. The van der Waals surface area contributed by atoms with E-state index < -0.39 is 25.7 Å². The lowest BCUT2D eigenvalue weighted by Gasteiger charge is -2.46. The molecule has 0 amide bonds. The maximum atomic E-state index is 13.6. The average molecular weight is 506 g/mol. The molecule has 0 atom stereocenters. The summed E-state index contributed by atoms with van der Waals surface area (Å²) in [5.74, 6) is -0.126. The summed E-state index contributed by atoms with van der Waals surface area (Å²) in [6.07, 6.45) is 1.58. The van der Waals surface area contributed by atoms with Crippen LogP contribution in [-0.2, 0) is 26.5 Å². The highest BCUT2D eigenvalue weighted by molar-refractivity contribution is 7.89. The van der Waals surface area contributed by atoms with Crippen LogP contribution in [0, 0.1) is 0 Å². The Bertz CT molecular complexity index is 1260. The van der Waals surface area contributed by atoms with E-state index in [9.17, 15) is 21.6 Å². The highest BCUT2D eigenvalue weighted by atomic mass is 32.2. The quantitative estimate of drug-likeness (QED) is 0.560. The number of rotatable bonds is 6. The minimum absolute atomic E-state index is 0.126. The lowest BCUT2D eigenvalue weighted by atomic mass is 9.98. The van der Waals surface area contributed by atoms with Crippen LogP contribution in [0.2, 0.25) is 0 Å². The van der Waals surface area contributed by atoms with Gasteiger partial charge in [-0.15, -0.1) is 0 Å². The van der Waals surface area contributed by atoms with Crippen molar-refractivity contribution in [3.63, 3.8) is 0 Å². The van der Waals surface area contributed by atoms with Gasteiger partial charge in [0.05, 0.1) is 15.5 Å². The fourth-order valence-electron chi connectivity index (χ4n) is 4.94. The highest BCUT2D eigenvalue weighted by Gasteiger charge is 2.53. The van der Waals surface area contributed by atoms with Crippen LogP contribution >= 0.6 is 0 Å². The molecule has 2 aromatic rings. The number of Topliss-reactive ketones (excluding diaryl/α,β-unsaturated/α-hetero) is 1. The van der Waals surface area contributed by atoms with Gasteiger partial charge >= 0.3 is 0 Å². The molecular weight excluding hydrogens is 474 g/mol. The van der Waals surface area contributed by atoms with Crippen molar-refractivity contribution >= 4 is 25.8 Å². The van der Waals surface area contributed by atoms with Crippen LogP contribution in [-0.4, -0.2) is 75.0 Å². The Morgan fingerprint density at radius 1 is 0.824 bits per heavy atom. The molecule has 0 radical (unpaired) electrons. The van der Waals surface area contributed by atoms with Crippen molar-refractivity contribution in [2.24, 2.45) is 0 Å². The minimum atomic E-state index is -3.75. The number of carbonyl (C=O) groups is 1. The molecule has 8 nitrogen and oxygen atoms in total. The van der Waals surface area contributed by atoms with Crippen molar-refractivity contribution in [2.75, 3.05) is 33.2 Å². The largest absolute Gasteiger partial charge is 0.295 e. The van der Waals surface area contributed by atoms with E-state index in [2.05, 4.69) is 0 Å². The second-order valence-corrected chi connectivity index (χ2v) is 12.8. The average Bonchev–Trinajstić information content (AvgIpc) is 3.15. The van der Waals surface area contributed by atoms with Gasteiger partial charge in [-0.2, -0.15) is 8.61 Å². The number of hydrogen-bond donors (Lipinski definition) is 0. The van der Waals surface area contributed by atoms with Gasteiger partial charge in [-0.1, -0.05) is 31.2 Å². The van der Waals surface area contributed by atoms with E-state index >= 15 is 0 Å². The third-order valence-electron chi connectivity index (χ3n) is 7.15. The van der Waals surface area contributed by atoms with Crippen LogP contribution in [0.15, 0.2) is 58.3 Å². The molecule has 0 N–H and O–H groups in total. The fourth-order valence-corrected chi connectivity index (χ4v) is 8.21. The van der Waals surface area contributed by atoms with Gasteiger partial charge in [-0.05, 0) is 63.1 Å². The molecule has 2 aliphatic heterocycles. The summed E-state index contributed by atoms with van der Waals surface area (Å²) in [6, 6.07) is 12.9. The first kappa shape index (κ1) is 25.0. The zero-order chi connectivity index (χ0) is 24.7. The van der Waals surface area contributed by atoms with Crippen LogP contribution in [0.5, 0.6) is 0 Å². The lowest BCUT2D eigenvalue weighted by molar-refractivity contribution is 0.0321. The van der Waals surface area contributed by atoms with Crippen LogP contribution in [0.4, 0.5) is 0 Å². The number of sulfonamides is 2. The predicted octanol–water partition coefficient (Wildman–Crippen LogP) is 2.57. The zero-order valence-electron chi connectivity index (χ0n) is 19.8. The first-order chi connectivity index (χ1) is 16.0. The smallest absolute Gasteiger partial charge is 0.244 e. The molecule has 2 fully saturated rings. The number of aryl methyl sites for hydroxylation is 1. The van der Waals surface area contributed by atoms with Crippen molar-refractivity contribution in [3.8, 4) is 0 Å². The number of piperidine rings is 1. The monoisotopic (exact) mass is 505 g/mol. The minimum Gasteiger partial charge on any atom is -0.295 e. The third-order valence-corrected chi connectivity index (χ3v) is 11.0. The summed E-state index contributed by atoms with van der Waals surface area (Å²) in [5.41, 5.74) is 0.770. The molecule has 10 heteroatoms. The topological polar surface area (TPSA) is 95.1 Å². The number of hydrogen-bond acceptors (Lipinski definition) is 6. The van der Waals surface area contributed by atoms with Crippen molar-refractivity contribution in [3.05, 3.63) is 59.7 Å². The van der Waals surface area contributed by atoms with E-state index in [4.69, 9.17) is 0 Å². The molecule has 0 unspecified atom stereocenters. The Labute approximate surface area is 202 Å². The maximum Gasteiger partial charge on any atom is 0.244 e. The van der Waals surface area contributed by atoms with E-state index in [1.54, 1.807) is 16.4 Å². The standard InChI is InChI=1S/C24H31N3O5S2/c1-4-20-5-9-23(10-6-20)34(31,32)27-18-17-25(3)24(27)13-15-26(16-14-24)33(29,30)22-11-7-21(8-12-22)19(2)28/h5-12H,4,13-18H2,1-3H3. The van der Waals surface area contributed by atoms with Gasteiger partial charge in [-0.25, -0.2) is 16.8 Å². The molecule has 0 saturated carbocycles. The van der Waals surface area contributed by atoms with E-state index in [0.717, 1.165) is 12.0 Å². The molecule has 4 rings (SSSR count). The Morgan fingerprint density at radius 3 is 1.88 bits per heavy atom. The number of nitrogens with zero attached hydrogens (tertiary/aromatic N) is 3. The molecular formula is C24H31N3O5S2. The third kappa shape index (κ3) is 4.22. The summed E-state index contributed by atoms with van der Waals surface area (Å²) < 4.78 is 56.6. The molecule has 184 valence electrons. The molecule has 0 bridgehead atoms. The number of benzene rings is 2. The second kappa shape index (κ2) is 9.16. The first-order valence-electron chi connectivity index (χ1n) is 11.5. The van der Waals surface area contributed by atoms with Crippen LogP contribution < -0.4 is 0 Å². The van der Waals surface area contributed by atoms with Gasteiger partial charge in [0.15, 0.2) is 5.78 Å². The number of likely N-dealkylation sites (N-methyl/N-ethyl adjacent to an activating group) is 1. The van der Waals surface area contributed by atoms with E-state index in [1.807, 2.05) is 31.0 Å². The molecule has 0 aliphatic carbocycles. The van der Waals surface area contributed by atoms with Gasteiger partial charge in [0.2, 0.25) is 20.0 Å². The highest BCUT2D eigenvalue weighted by Crippen LogP contribution is 2.40. The second-order valence-electron chi connectivity index (χ2n) is 8.96. The van der Waals surface area contributed by atoms with Gasteiger partial charge in [0.25, 0.3) is 0 Å². The summed E-state index contributed by atoms with van der Waals surface area (Å²) in [7, 11) is -5.57. The maximum absolute atomic E-state index is 13.6. The van der Waals surface area contributed by atoms with Crippen LogP contribution in [0.1, 0.15) is 42.6 Å². The molecule has 0 aromatic heterocycles. The molecule has 2 aromatic carbocycles. The van der Waals surface area contributed by atoms with Gasteiger partial charge in [0.1, 0.15) is 0 Å². The van der Waals surface area contributed by atoms with E-state index in [0.29, 0.717) is 31.5 Å². The Morgan fingerprint density at radius 2 is 1.35 bits per heavy atom. The van der Waals surface area contributed by atoms with Gasteiger partial charge < -0.3 is 0 Å². The van der Waals surface area contributed by atoms with Crippen molar-refractivity contribution in [1.29, 1.82) is 0 Å². The normalized spacial score (nSPS) is 20.1. The zero-order valence-corrected chi connectivity index (χ0v) is 21.4. The summed E-state index contributed by atoms with van der Waals surface area (Å²) in [5, 5.41) is 0. The summed E-state index contributed by atoms with van der Waals surface area (Å²) >= 11 is 0. The molecule has 2 aliphatic rings. The predicted molar refractivity (Wildman–Crippen MR) is 130 cm³/mol. The van der Waals surface area contributed by atoms with Crippen molar-refractivity contribution < 1.29 is 21.6 Å². The number of ketones is 1. The van der Waals surface area contributed by atoms with Gasteiger partial charge in [0, 0.05) is 31.7 Å².